The predicted molar refractivity (Wildman–Crippen MR) is 90.9 cm³/mol. The van der Waals surface area contributed by atoms with E-state index in [2.05, 4.69) is 19.9 Å². The Labute approximate surface area is 147 Å². The number of aromatic nitrogens is 4. The highest BCUT2D eigenvalue weighted by Gasteiger charge is 2.34. The summed E-state index contributed by atoms with van der Waals surface area (Å²) in [5, 5.41) is 12.8. The van der Waals surface area contributed by atoms with Gasteiger partial charge in [-0.25, -0.2) is 0 Å². The molecule has 2 aromatic heterocycles. The molecule has 1 amide bonds. The first-order valence-corrected chi connectivity index (χ1v) is 9.28. The van der Waals surface area contributed by atoms with Crippen LogP contribution in [0.3, 0.4) is 0 Å². The van der Waals surface area contributed by atoms with Crippen molar-refractivity contribution >= 4 is 5.91 Å². The number of likely N-dealkylation sites (tertiary alicyclic amines) is 1. The van der Waals surface area contributed by atoms with Gasteiger partial charge in [0, 0.05) is 25.1 Å². The first-order valence-electron chi connectivity index (χ1n) is 9.28. The Morgan fingerprint density at radius 2 is 2.04 bits per heavy atom. The van der Waals surface area contributed by atoms with E-state index < -0.39 is 0 Å². The topological polar surface area (TPSA) is 77.1 Å². The maximum Gasteiger partial charge on any atom is 0.227 e. The van der Waals surface area contributed by atoms with Crippen LogP contribution in [0.25, 0.3) is 0 Å². The summed E-state index contributed by atoms with van der Waals surface area (Å²) >= 11 is 0. The lowest BCUT2D eigenvalue weighted by molar-refractivity contribution is -0.131. The fraction of sp³-hybridized carbons (Fsp3) is 0.667. The molecule has 134 valence electrons. The van der Waals surface area contributed by atoms with Crippen molar-refractivity contribution < 1.29 is 9.32 Å². The number of hydrogen-bond acceptors (Lipinski definition) is 5. The van der Waals surface area contributed by atoms with Gasteiger partial charge in [-0.1, -0.05) is 11.6 Å². The first kappa shape index (κ1) is 16.3. The molecule has 0 aliphatic carbocycles. The van der Waals surface area contributed by atoms with Gasteiger partial charge in [-0.05, 0) is 39.5 Å². The summed E-state index contributed by atoms with van der Waals surface area (Å²) in [5.74, 6) is 2.92. The van der Waals surface area contributed by atoms with E-state index in [1.807, 2.05) is 18.7 Å². The number of fused-ring (bicyclic) bond motifs is 1. The average Bonchev–Trinajstić information content (AvgIpc) is 3.26. The maximum absolute atomic E-state index is 13.0. The summed E-state index contributed by atoms with van der Waals surface area (Å²) in [6, 6.07) is 0.0484. The smallest absolute Gasteiger partial charge is 0.227 e. The summed E-state index contributed by atoms with van der Waals surface area (Å²) in [5.41, 5.74) is 1.72. The minimum Gasteiger partial charge on any atom is -0.361 e. The average molecular weight is 343 g/mol. The van der Waals surface area contributed by atoms with Crippen LogP contribution < -0.4 is 0 Å². The van der Waals surface area contributed by atoms with Crippen molar-refractivity contribution in [3.05, 3.63) is 28.7 Å². The third-order valence-electron chi connectivity index (χ3n) is 5.52. The van der Waals surface area contributed by atoms with Gasteiger partial charge in [-0.15, -0.1) is 10.2 Å². The molecule has 0 saturated carbocycles. The Balaban J connectivity index is 1.57. The molecule has 2 aliphatic rings. The normalized spacial score (nSPS) is 20.6. The molecule has 1 unspecified atom stereocenters. The summed E-state index contributed by atoms with van der Waals surface area (Å²) in [6.07, 6.45) is 6.90. The fourth-order valence-corrected chi connectivity index (χ4v) is 4.09. The number of aryl methyl sites for hydroxylation is 3. The van der Waals surface area contributed by atoms with Crippen LogP contribution in [0.5, 0.6) is 0 Å². The second-order valence-corrected chi connectivity index (χ2v) is 7.16. The van der Waals surface area contributed by atoms with Crippen LogP contribution in [0, 0.1) is 13.8 Å². The molecule has 0 N–H and O–H groups in total. The zero-order chi connectivity index (χ0) is 17.4. The van der Waals surface area contributed by atoms with Crippen LogP contribution >= 0.6 is 0 Å². The molecule has 7 heteroatoms. The van der Waals surface area contributed by atoms with Gasteiger partial charge < -0.3 is 14.0 Å². The molecule has 0 spiro atoms. The summed E-state index contributed by atoms with van der Waals surface area (Å²) < 4.78 is 7.46. The van der Waals surface area contributed by atoms with Crippen LogP contribution in [-0.2, 0) is 24.2 Å². The van der Waals surface area contributed by atoms with Crippen molar-refractivity contribution in [2.24, 2.45) is 0 Å². The Morgan fingerprint density at radius 1 is 1.16 bits per heavy atom. The monoisotopic (exact) mass is 343 g/mol. The van der Waals surface area contributed by atoms with Crippen molar-refractivity contribution in [2.45, 2.75) is 71.4 Å². The van der Waals surface area contributed by atoms with Gasteiger partial charge in [-0.3, -0.25) is 4.79 Å². The summed E-state index contributed by atoms with van der Waals surface area (Å²) in [4.78, 5) is 14.9. The first-order chi connectivity index (χ1) is 12.1. The Bertz CT molecular complexity index is 759. The SMILES string of the molecule is Cc1noc(C)c1CC(=O)N1CCCC1c1nnc2n1CCCCC2. The number of amides is 1. The van der Waals surface area contributed by atoms with E-state index in [1.54, 1.807) is 0 Å². The van der Waals surface area contributed by atoms with E-state index in [-0.39, 0.29) is 11.9 Å². The van der Waals surface area contributed by atoms with Gasteiger partial charge in [0.25, 0.3) is 0 Å². The standard InChI is InChI=1S/C18H25N5O2/c1-12-14(13(2)25-21-12)11-17(24)22-10-6-7-15(22)18-20-19-16-8-4-3-5-9-23(16)18/h15H,3-11H2,1-2H3. The molecule has 7 nitrogen and oxygen atoms in total. The second kappa shape index (κ2) is 6.61. The Hall–Kier alpha value is -2.18. The van der Waals surface area contributed by atoms with Gasteiger partial charge in [0.1, 0.15) is 11.6 Å². The van der Waals surface area contributed by atoms with E-state index >= 15 is 0 Å². The predicted octanol–water partition coefficient (Wildman–Crippen LogP) is 2.52. The highest BCUT2D eigenvalue weighted by Crippen LogP contribution is 2.33. The van der Waals surface area contributed by atoms with Gasteiger partial charge in [0.15, 0.2) is 5.82 Å². The molecule has 1 atom stereocenters. The molecule has 4 heterocycles. The molecule has 0 radical (unpaired) electrons. The van der Waals surface area contributed by atoms with Gasteiger partial charge in [-0.2, -0.15) is 0 Å². The van der Waals surface area contributed by atoms with E-state index in [0.717, 1.165) is 67.4 Å². The molecular weight excluding hydrogens is 318 g/mol. The molecule has 2 aliphatic heterocycles. The van der Waals surface area contributed by atoms with Crippen LogP contribution in [0.2, 0.25) is 0 Å². The largest absolute Gasteiger partial charge is 0.361 e. The van der Waals surface area contributed by atoms with Gasteiger partial charge in [0.05, 0.1) is 18.2 Å². The Kier molecular flexibility index (Phi) is 4.31. The zero-order valence-electron chi connectivity index (χ0n) is 15.0. The molecule has 4 rings (SSSR count). The molecule has 25 heavy (non-hydrogen) atoms. The lowest BCUT2D eigenvalue weighted by atomic mass is 10.1. The van der Waals surface area contributed by atoms with Crippen molar-refractivity contribution in [1.29, 1.82) is 0 Å². The maximum atomic E-state index is 13.0. The van der Waals surface area contributed by atoms with Crippen LogP contribution in [-0.4, -0.2) is 37.3 Å². The van der Waals surface area contributed by atoms with E-state index in [0.29, 0.717) is 6.42 Å². The quantitative estimate of drug-likeness (QED) is 0.856. The third kappa shape index (κ3) is 2.96. The molecule has 0 aromatic carbocycles. The number of hydrogen-bond donors (Lipinski definition) is 0. The lowest BCUT2D eigenvalue weighted by Crippen LogP contribution is -2.33. The Morgan fingerprint density at radius 3 is 2.84 bits per heavy atom. The third-order valence-corrected chi connectivity index (χ3v) is 5.52. The van der Waals surface area contributed by atoms with Crippen molar-refractivity contribution in [3.63, 3.8) is 0 Å². The highest BCUT2D eigenvalue weighted by atomic mass is 16.5. The molecule has 1 fully saturated rings. The number of carbonyl (C=O) groups excluding carboxylic acids is 1. The fourth-order valence-electron chi connectivity index (χ4n) is 4.09. The zero-order valence-corrected chi connectivity index (χ0v) is 15.0. The van der Waals surface area contributed by atoms with Crippen LogP contribution in [0.15, 0.2) is 4.52 Å². The number of carbonyl (C=O) groups is 1. The molecule has 1 saturated heterocycles. The van der Waals surface area contributed by atoms with Crippen molar-refractivity contribution in [2.75, 3.05) is 6.54 Å². The van der Waals surface area contributed by atoms with Crippen molar-refractivity contribution in [3.8, 4) is 0 Å². The minimum atomic E-state index is 0.0484. The van der Waals surface area contributed by atoms with E-state index in [9.17, 15) is 4.79 Å². The van der Waals surface area contributed by atoms with Gasteiger partial charge in [0.2, 0.25) is 5.91 Å². The number of rotatable bonds is 3. The van der Waals surface area contributed by atoms with Crippen molar-refractivity contribution in [1.82, 2.24) is 24.8 Å². The van der Waals surface area contributed by atoms with Gasteiger partial charge >= 0.3 is 0 Å². The highest BCUT2D eigenvalue weighted by molar-refractivity contribution is 5.79. The van der Waals surface area contributed by atoms with E-state index in [4.69, 9.17) is 4.52 Å². The number of nitrogens with zero attached hydrogens (tertiary/aromatic N) is 5. The van der Waals surface area contributed by atoms with Crippen LogP contribution in [0.4, 0.5) is 0 Å². The molecular formula is C18H25N5O2. The second-order valence-electron chi connectivity index (χ2n) is 7.16. The summed E-state index contributed by atoms with van der Waals surface area (Å²) in [7, 11) is 0. The van der Waals surface area contributed by atoms with E-state index in [1.165, 1.54) is 12.8 Å². The minimum absolute atomic E-state index is 0.0484. The molecule has 0 bridgehead atoms. The summed E-state index contributed by atoms with van der Waals surface area (Å²) in [6.45, 7) is 5.51. The molecule has 2 aromatic rings. The lowest BCUT2D eigenvalue weighted by Gasteiger charge is -2.24. The van der Waals surface area contributed by atoms with Crippen LogP contribution in [0.1, 0.15) is 66.8 Å².